The number of rotatable bonds is 15. The molecule has 414 valence electrons. The number of esters is 1. The first-order valence-corrected chi connectivity index (χ1v) is 26.1. The summed E-state index contributed by atoms with van der Waals surface area (Å²) < 4.78 is 22.1. The second-order valence-electron chi connectivity index (χ2n) is 18.1. The fraction of sp³-hybridized carbons (Fsp3) is 0.354. The standard InChI is InChI=1S/C20H24O2.C18H10O3.C16H22N2O.C3H9N.C3H6O2.C3H8O.C2H6/c1-4-19-15(2)13-18(14-16(19)3)22-20(21)12-8-11-17-9-6-5-7-10-17;19-9-11-5-7-14-13-3-1-2-4-15(13)21-16-8-6-12(10-20)17(11)18(14)16;1-10(11(2)13(4)17)7-8-16-12(3)15(9-19)14(5)18(16)6;1-4(2)3;1-2-5-3-4;1-3-4-2;1-2/h5-7,9-10,13-14H,4,8,11-12H2,1-3H3;1-10H;7-9,17H,1-6H3;1-3H3;3H,2H2,1H3;3H2,1-2H3;1-2H3/p+1/b;;8-7+,11-10-,17-13?;;;;. The van der Waals surface area contributed by atoms with E-state index in [4.69, 9.17) is 14.9 Å². The van der Waals surface area contributed by atoms with Crippen LogP contribution in [-0.2, 0) is 39.0 Å². The number of aldehydes is 3. The first kappa shape index (κ1) is 67.5. The number of benzene rings is 5. The fourth-order valence-electron chi connectivity index (χ4n) is 7.90. The van der Waals surface area contributed by atoms with Crippen LogP contribution in [-0.4, -0.2) is 87.9 Å². The highest BCUT2D eigenvalue weighted by molar-refractivity contribution is 6.15. The lowest BCUT2D eigenvalue weighted by Crippen LogP contribution is -2.38. The number of hydrogen-bond donors (Lipinski definition) is 1. The van der Waals surface area contributed by atoms with Gasteiger partial charge in [0.25, 0.3) is 6.47 Å². The van der Waals surface area contributed by atoms with Crippen molar-refractivity contribution in [1.82, 2.24) is 9.47 Å². The van der Waals surface area contributed by atoms with Crippen LogP contribution in [0.3, 0.4) is 0 Å². The van der Waals surface area contributed by atoms with Crippen molar-refractivity contribution in [1.29, 1.82) is 0 Å². The molecule has 12 nitrogen and oxygen atoms in total. The lowest BCUT2D eigenvalue weighted by molar-refractivity contribution is -0.134. The fourth-order valence-corrected chi connectivity index (χ4v) is 7.90. The first-order valence-electron chi connectivity index (χ1n) is 26.1. The van der Waals surface area contributed by atoms with E-state index in [-0.39, 0.29) is 5.97 Å². The van der Waals surface area contributed by atoms with E-state index in [9.17, 15) is 24.0 Å². The predicted octanol–water partition coefficient (Wildman–Crippen LogP) is 13.1. The minimum absolute atomic E-state index is 0.154. The van der Waals surface area contributed by atoms with Gasteiger partial charge in [0, 0.05) is 84.1 Å². The van der Waals surface area contributed by atoms with Gasteiger partial charge >= 0.3 is 5.97 Å². The van der Waals surface area contributed by atoms with Crippen molar-refractivity contribution in [3.63, 3.8) is 0 Å². The van der Waals surface area contributed by atoms with E-state index < -0.39 is 0 Å². The topological polar surface area (TPSA) is 156 Å². The van der Waals surface area contributed by atoms with Gasteiger partial charge in [0.05, 0.1) is 6.61 Å². The van der Waals surface area contributed by atoms with Crippen molar-refractivity contribution >= 4 is 53.9 Å². The number of ether oxygens (including phenoxy) is 4. The number of aryl methyl sites for hydroxylation is 3. The first-order chi connectivity index (χ1) is 36.8. The smallest absolute Gasteiger partial charge is 0.311 e. The van der Waals surface area contributed by atoms with Crippen molar-refractivity contribution in [2.75, 3.05) is 41.5 Å². The van der Waals surface area contributed by atoms with Gasteiger partial charge in [-0.15, -0.1) is 0 Å². The zero-order valence-corrected chi connectivity index (χ0v) is 49.0. The molecule has 2 N–H and O–H groups in total. The molecular formula is C65H86N3O9+. The van der Waals surface area contributed by atoms with Crippen molar-refractivity contribution in [2.45, 2.75) is 109 Å². The summed E-state index contributed by atoms with van der Waals surface area (Å²) in [5.74, 6) is 1.97. The number of para-hydroxylation sites is 1. The number of carbonyl (C=O) groups is 5. The third-order valence-electron chi connectivity index (χ3n) is 12.1. The van der Waals surface area contributed by atoms with Gasteiger partial charge < -0.3 is 28.4 Å². The molecule has 6 aromatic rings. The van der Waals surface area contributed by atoms with Crippen LogP contribution in [0.15, 0.2) is 108 Å². The van der Waals surface area contributed by atoms with E-state index in [1.54, 1.807) is 32.2 Å². The number of allylic oxidation sites excluding steroid dienone is 3. The number of nitrogens with zero attached hydrogens (tertiary/aromatic N) is 2. The lowest BCUT2D eigenvalue weighted by Gasteiger charge is -2.22. The number of fused-ring (bicyclic) bond motifs is 2. The van der Waals surface area contributed by atoms with Crippen LogP contribution < -0.4 is 14.9 Å². The minimum Gasteiger partial charge on any atom is -0.468 e. The highest BCUT2D eigenvalue weighted by Gasteiger charge is 2.22. The molecule has 0 bridgehead atoms. The lowest BCUT2D eigenvalue weighted by atomic mass is 9.90. The average Bonchev–Trinajstić information content (AvgIpc) is 3.63. The van der Waals surface area contributed by atoms with Gasteiger partial charge in [-0.2, -0.15) is 0 Å². The molecule has 0 fully saturated rings. The quantitative estimate of drug-likeness (QED) is 0.0345. The molecule has 0 unspecified atom stereocenters. The molecule has 0 spiro atoms. The summed E-state index contributed by atoms with van der Waals surface area (Å²) in [4.78, 5) is 56.8. The van der Waals surface area contributed by atoms with Crippen LogP contribution >= 0.6 is 0 Å². The predicted molar refractivity (Wildman–Crippen MR) is 317 cm³/mol. The Morgan fingerprint density at radius 3 is 1.77 bits per heavy atom. The Bertz CT molecular complexity index is 2870. The normalized spacial score (nSPS) is 10.7. The molecule has 1 aliphatic rings. The summed E-state index contributed by atoms with van der Waals surface area (Å²) in [5.41, 5.74) is 14.8. The van der Waals surface area contributed by atoms with E-state index in [1.807, 2.05) is 166 Å². The Hall–Kier alpha value is -7.54. The molecule has 7 rings (SSSR count). The summed E-state index contributed by atoms with van der Waals surface area (Å²) >= 11 is 0. The molecule has 1 aromatic heterocycles. The molecule has 0 amide bonds. The Balaban J connectivity index is 0.000000510. The largest absolute Gasteiger partial charge is 0.468 e. The third kappa shape index (κ3) is 21.2. The Morgan fingerprint density at radius 1 is 0.727 bits per heavy atom. The summed E-state index contributed by atoms with van der Waals surface area (Å²) in [5, 5.41) is 7.27. The van der Waals surface area contributed by atoms with Gasteiger partial charge in [0.2, 0.25) is 0 Å². The van der Waals surface area contributed by atoms with Crippen molar-refractivity contribution in [3.05, 3.63) is 164 Å². The SMILES string of the molecule is CC.CC(=[NH2+])/C(C)=C(C)\C=C\c1c(C)c(C=O)c(C)n1C.CCOC.CCOC=O.CCc1c(C)cc(OC(=O)CCCc2ccccc2)cc1C.CN(C)C.O=Cc1ccc2c3c(ccc(C=O)c13)-c1ccccc1O2. The third-order valence-corrected chi connectivity index (χ3v) is 12.1. The highest BCUT2D eigenvalue weighted by atomic mass is 16.5. The minimum atomic E-state index is -0.154. The Kier molecular flexibility index (Phi) is 31.9. The Morgan fingerprint density at radius 2 is 1.29 bits per heavy atom. The molecule has 0 saturated carbocycles. The van der Waals surface area contributed by atoms with Gasteiger partial charge in [0.15, 0.2) is 24.6 Å². The van der Waals surface area contributed by atoms with Gasteiger partial charge in [0.1, 0.15) is 17.2 Å². The van der Waals surface area contributed by atoms with Crippen molar-refractivity contribution < 1.29 is 48.3 Å². The Labute approximate surface area is 459 Å². The monoisotopic (exact) mass is 1050 g/mol. The number of nitrogens with two attached hydrogens (primary N) is 1. The second kappa shape index (κ2) is 36.4. The molecule has 2 heterocycles. The van der Waals surface area contributed by atoms with Crippen LogP contribution in [0, 0.1) is 27.7 Å². The van der Waals surface area contributed by atoms with Crippen LogP contribution in [0.25, 0.3) is 28.0 Å². The molecule has 77 heavy (non-hydrogen) atoms. The van der Waals surface area contributed by atoms with Gasteiger partial charge in [-0.3, -0.25) is 29.4 Å². The van der Waals surface area contributed by atoms with Crippen LogP contribution in [0.5, 0.6) is 17.2 Å². The molecule has 0 saturated heterocycles. The molecule has 0 atom stereocenters. The van der Waals surface area contributed by atoms with Gasteiger partial charge in [-0.05, 0) is 171 Å². The average molecular weight is 1050 g/mol. The van der Waals surface area contributed by atoms with Crippen LogP contribution in [0.2, 0.25) is 0 Å². The highest BCUT2D eigenvalue weighted by Crippen LogP contribution is 2.47. The summed E-state index contributed by atoms with van der Waals surface area (Å²) in [6.07, 6.45) is 9.72. The maximum atomic E-state index is 12.0. The molecule has 0 aliphatic carbocycles. The van der Waals surface area contributed by atoms with Crippen LogP contribution in [0.1, 0.15) is 139 Å². The van der Waals surface area contributed by atoms with Crippen molar-refractivity contribution in [3.8, 4) is 28.4 Å². The number of carbonyl (C=O) groups excluding carboxylic acids is 5. The van der Waals surface area contributed by atoms with E-state index in [2.05, 4.69) is 42.4 Å². The summed E-state index contributed by atoms with van der Waals surface area (Å²) in [6, 6.07) is 29.0. The van der Waals surface area contributed by atoms with Gasteiger partial charge in [-0.25, -0.2) is 0 Å². The zero-order valence-electron chi connectivity index (χ0n) is 49.0. The van der Waals surface area contributed by atoms with Gasteiger partial charge in [-0.1, -0.05) is 87.5 Å². The molecule has 0 radical (unpaired) electrons. The number of aromatic nitrogens is 1. The molecule has 1 aliphatic heterocycles. The van der Waals surface area contributed by atoms with E-state index in [0.717, 1.165) is 106 Å². The molecule has 5 aromatic carbocycles. The van der Waals surface area contributed by atoms with Crippen molar-refractivity contribution in [2.24, 2.45) is 7.05 Å². The summed E-state index contributed by atoms with van der Waals surface area (Å²) in [7, 11) is 9.65. The number of methoxy groups -OCH3 is 1. The van der Waals surface area contributed by atoms with E-state index >= 15 is 0 Å². The van der Waals surface area contributed by atoms with Crippen LogP contribution in [0.4, 0.5) is 0 Å². The summed E-state index contributed by atoms with van der Waals surface area (Å²) in [6.45, 7) is 25.6. The number of hydrogen-bond acceptors (Lipinski definition) is 10. The maximum Gasteiger partial charge on any atom is 0.311 e. The second-order valence-corrected chi connectivity index (χ2v) is 18.1. The van der Waals surface area contributed by atoms with E-state index in [1.165, 1.54) is 22.3 Å². The molecular weight excluding hydrogens is 967 g/mol. The molecule has 12 heteroatoms. The zero-order chi connectivity index (χ0) is 58.2. The maximum absolute atomic E-state index is 12.0. The van der Waals surface area contributed by atoms with E-state index in [0.29, 0.717) is 47.5 Å².